The molecule has 5 rings (SSSR count). The SMILES string of the molecule is C1=CC(NC2=C(C3C=CCCC3)C=CC(C3=CC(c4ccccc4)=CCC3)C2)=CCC1. The fourth-order valence-corrected chi connectivity index (χ4v) is 5.25. The van der Waals surface area contributed by atoms with Crippen molar-refractivity contribution >= 4 is 5.57 Å². The van der Waals surface area contributed by atoms with Crippen LogP contribution in [0.2, 0.25) is 0 Å². The van der Waals surface area contributed by atoms with Crippen molar-refractivity contribution in [2.24, 2.45) is 11.8 Å². The van der Waals surface area contributed by atoms with Crippen LogP contribution in [-0.4, -0.2) is 0 Å². The predicted octanol–water partition coefficient (Wildman–Crippen LogP) is 7.80. The number of benzene rings is 1. The van der Waals surface area contributed by atoms with Crippen LogP contribution in [0.3, 0.4) is 0 Å². The highest BCUT2D eigenvalue weighted by Crippen LogP contribution is 2.38. The summed E-state index contributed by atoms with van der Waals surface area (Å²) < 4.78 is 0. The van der Waals surface area contributed by atoms with Gasteiger partial charge in [-0.25, -0.2) is 0 Å². The molecule has 4 aliphatic rings. The van der Waals surface area contributed by atoms with E-state index in [1.54, 1.807) is 5.57 Å². The smallest absolute Gasteiger partial charge is 0.0338 e. The molecule has 0 heterocycles. The second-order valence-corrected chi connectivity index (χ2v) is 9.12. The van der Waals surface area contributed by atoms with Crippen molar-refractivity contribution < 1.29 is 0 Å². The Morgan fingerprint density at radius 1 is 0.806 bits per heavy atom. The fourth-order valence-electron chi connectivity index (χ4n) is 5.25. The molecular formula is C30H33N. The Morgan fingerprint density at radius 3 is 2.55 bits per heavy atom. The molecule has 1 N–H and O–H groups in total. The van der Waals surface area contributed by atoms with Crippen LogP contribution in [0.15, 0.2) is 108 Å². The van der Waals surface area contributed by atoms with Gasteiger partial charge in [0.15, 0.2) is 0 Å². The molecule has 2 atom stereocenters. The second kappa shape index (κ2) is 9.56. The molecule has 1 aromatic rings. The summed E-state index contributed by atoms with van der Waals surface area (Å²) in [6.45, 7) is 0. The lowest BCUT2D eigenvalue weighted by Gasteiger charge is -2.31. The number of hydrogen-bond acceptors (Lipinski definition) is 1. The van der Waals surface area contributed by atoms with Gasteiger partial charge in [0, 0.05) is 23.2 Å². The molecule has 0 aromatic heterocycles. The van der Waals surface area contributed by atoms with Crippen LogP contribution in [-0.2, 0) is 0 Å². The number of rotatable bonds is 5. The summed E-state index contributed by atoms with van der Waals surface area (Å²) in [6, 6.07) is 10.8. The zero-order valence-corrected chi connectivity index (χ0v) is 18.4. The van der Waals surface area contributed by atoms with Gasteiger partial charge in [0.25, 0.3) is 0 Å². The largest absolute Gasteiger partial charge is 0.359 e. The quantitative estimate of drug-likeness (QED) is 0.491. The first-order valence-corrected chi connectivity index (χ1v) is 12.0. The van der Waals surface area contributed by atoms with Crippen LogP contribution in [0.4, 0.5) is 0 Å². The normalized spacial score (nSPS) is 25.7. The topological polar surface area (TPSA) is 12.0 Å². The fraction of sp³-hybridized carbons (Fsp3) is 0.333. The van der Waals surface area contributed by atoms with E-state index in [0.717, 1.165) is 25.7 Å². The molecule has 0 saturated carbocycles. The van der Waals surface area contributed by atoms with Gasteiger partial charge in [-0.05, 0) is 74.2 Å². The highest BCUT2D eigenvalue weighted by atomic mass is 14.9. The molecule has 0 saturated heterocycles. The van der Waals surface area contributed by atoms with E-state index in [4.69, 9.17) is 0 Å². The minimum atomic E-state index is 0.486. The maximum Gasteiger partial charge on any atom is 0.0338 e. The lowest BCUT2D eigenvalue weighted by molar-refractivity contribution is 0.581. The van der Waals surface area contributed by atoms with Crippen molar-refractivity contribution in [1.82, 2.24) is 5.32 Å². The van der Waals surface area contributed by atoms with E-state index in [-0.39, 0.29) is 0 Å². The van der Waals surface area contributed by atoms with Crippen LogP contribution in [0.25, 0.3) is 5.57 Å². The van der Waals surface area contributed by atoms with Gasteiger partial charge in [-0.2, -0.15) is 0 Å². The Morgan fingerprint density at radius 2 is 1.74 bits per heavy atom. The molecule has 0 radical (unpaired) electrons. The standard InChI is InChI=1S/C30H33N/c1-4-11-23(12-5-1)25-15-10-16-26(21-25)27-19-20-29(24-13-6-2-7-14-24)30(22-27)31-28-17-8-3-9-18-28/h1,4-6,8,11-13,15,17-21,24,27,31H,2-3,7,9-10,14,16,22H2. The monoisotopic (exact) mass is 407 g/mol. The predicted molar refractivity (Wildman–Crippen MR) is 132 cm³/mol. The molecule has 0 fully saturated rings. The molecule has 1 heteroatoms. The third kappa shape index (κ3) is 4.77. The Bertz CT molecular complexity index is 1010. The first-order chi connectivity index (χ1) is 15.4. The van der Waals surface area contributed by atoms with Crippen molar-refractivity contribution in [3.05, 3.63) is 113 Å². The van der Waals surface area contributed by atoms with Crippen LogP contribution in [0, 0.1) is 11.8 Å². The zero-order valence-electron chi connectivity index (χ0n) is 18.4. The van der Waals surface area contributed by atoms with Crippen molar-refractivity contribution in [3.8, 4) is 0 Å². The molecule has 0 spiro atoms. The molecule has 31 heavy (non-hydrogen) atoms. The average Bonchev–Trinajstić information content (AvgIpc) is 2.86. The molecule has 0 aliphatic heterocycles. The minimum absolute atomic E-state index is 0.486. The van der Waals surface area contributed by atoms with Crippen molar-refractivity contribution in [2.75, 3.05) is 0 Å². The summed E-state index contributed by atoms with van der Waals surface area (Å²) >= 11 is 0. The summed E-state index contributed by atoms with van der Waals surface area (Å²) in [5.74, 6) is 1.04. The van der Waals surface area contributed by atoms with E-state index in [0.29, 0.717) is 11.8 Å². The first kappa shape index (κ1) is 20.1. The van der Waals surface area contributed by atoms with Gasteiger partial charge in [0.05, 0.1) is 0 Å². The zero-order chi connectivity index (χ0) is 20.9. The molecule has 158 valence electrons. The minimum Gasteiger partial charge on any atom is -0.359 e. The maximum absolute atomic E-state index is 3.84. The number of hydrogen-bond donors (Lipinski definition) is 1. The average molecular weight is 408 g/mol. The van der Waals surface area contributed by atoms with E-state index in [2.05, 4.69) is 90.3 Å². The summed E-state index contributed by atoms with van der Waals surface area (Å²) in [5, 5.41) is 3.84. The van der Waals surface area contributed by atoms with Gasteiger partial charge in [-0.3, -0.25) is 0 Å². The summed E-state index contributed by atoms with van der Waals surface area (Å²) in [7, 11) is 0. The maximum atomic E-state index is 3.84. The third-order valence-corrected chi connectivity index (χ3v) is 6.95. The molecule has 0 amide bonds. The van der Waals surface area contributed by atoms with E-state index < -0.39 is 0 Å². The van der Waals surface area contributed by atoms with E-state index in [9.17, 15) is 0 Å². The third-order valence-electron chi connectivity index (χ3n) is 6.95. The number of nitrogens with one attached hydrogen (secondary N) is 1. The molecule has 0 bridgehead atoms. The van der Waals surface area contributed by atoms with Crippen molar-refractivity contribution in [3.63, 3.8) is 0 Å². The Labute approximate surface area is 187 Å². The Kier molecular flexibility index (Phi) is 6.20. The first-order valence-electron chi connectivity index (χ1n) is 12.0. The van der Waals surface area contributed by atoms with E-state index >= 15 is 0 Å². The Balaban J connectivity index is 1.41. The van der Waals surface area contributed by atoms with Gasteiger partial charge in [0.2, 0.25) is 0 Å². The molecule has 2 unspecified atom stereocenters. The number of allylic oxidation sites excluding steroid dienone is 13. The van der Waals surface area contributed by atoms with Gasteiger partial charge in [-0.15, -0.1) is 0 Å². The van der Waals surface area contributed by atoms with Crippen LogP contribution >= 0.6 is 0 Å². The lowest BCUT2D eigenvalue weighted by atomic mass is 9.78. The van der Waals surface area contributed by atoms with Gasteiger partial charge in [0.1, 0.15) is 0 Å². The van der Waals surface area contributed by atoms with E-state index in [1.807, 2.05) is 0 Å². The van der Waals surface area contributed by atoms with Crippen LogP contribution < -0.4 is 5.32 Å². The second-order valence-electron chi connectivity index (χ2n) is 9.12. The Hall–Kier alpha value is -2.80. The van der Waals surface area contributed by atoms with Crippen LogP contribution in [0.1, 0.15) is 56.9 Å². The van der Waals surface area contributed by atoms with Gasteiger partial charge in [-0.1, -0.05) is 84.5 Å². The van der Waals surface area contributed by atoms with Gasteiger partial charge >= 0.3 is 0 Å². The van der Waals surface area contributed by atoms with E-state index in [1.165, 1.54) is 53.8 Å². The highest BCUT2D eigenvalue weighted by Gasteiger charge is 2.25. The molecule has 4 aliphatic carbocycles. The summed E-state index contributed by atoms with van der Waals surface area (Å²) in [6.07, 6.45) is 31.0. The summed E-state index contributed by atoms with van der Waals surface area (Å²) in [5.41, 5.74) is 8.49. The lowest BCUT2D eigenvalue weighted by Crippen LogP contribution is -2.23. The van der Waals surface area contributed by atoms with Crippen LogP contribution in [0.5, 0.6) is 0 Å². The summed E-state index contributed by atoms with van der Waals surface area (Å²) in [4.78, 5) is 0. The molecule has 1 aromatic carbocycles. The van der Waals surface area contributed by atoms with Crippen molar-refractivity contribution in [2.45, 2.75) is 51.4 Å². The van der Waals surface area contributed by atoms with Gasteiger partial charge < -0.3 is 5.32 Å². The molecule has 1 nitrogen and oxygen atoms in total. The molecular weight excluding hydrogens is 374 g/mol. The van der Waals surface area contributed by atoms with Crippen molar-refractivity contribution in [1.29, 1.82) is 0 Å². The highest BCUT2D eigenvalue weighted by molar-refractivity contribution is 5.75.